The third-order valence-corrected chi connectivity index (χ3v) is 13.0. The first kappa shape index (κ1) is 34.6. The van der Waals surface area contributed by atoms with Crippen molar-refractivity contribution in [1.82, 2.24) is 33.5 Å². The summed E-state index contributed by atoms with van der Waals surface area (Å²) in [5, 5.41) is 4.61. The van der Waals surface area contributed by atoms with E-state index >= 15 is 0 Å². The molecule has 5 aromatic heterocycles. The minimum Gasteiger partial charge on any atom is -0.309 e. The van der Waals surface area contributed by atoms with E-state index in [9.17, 15) is 0 Å². The van der Waals surface area contributed by atoms with Gasteiger partial charge in [0.05, 0.1) is 43.7 Å². The van der Waals surface area contributed by atoms with Crippen LogP contribution in [0.3, 0.4) is 0 Å². The van der Waals surface area contributed by atoms with Crippen LogP contribution in [0.4, 0.5) is 0 Å². The van der Waals surface area contributed by atoms with Crippen LogP contribution in [-0.2, 0) is 0 Å². The quantitative estimate of drug-likeness (QED) is 0.168. The first-order valence-corrected chi connectivity index (χ1v) is 21.5. The summed E-state index contributed by atoms with van der Waals surface area (Å²) in [5.74, 6) is 1.81. The van der Waals surface area contributed by atoms with Crippen molar-refractivity contribution < 1.29 is 0 Å². The molecule has 0 saturated heterocycles. The second-order valence-corrected chi connectivity index (χ2v) is 16.5. The first-order valence-electron chi connectivity index (χ1n) is 20.6. The summed E-state index contributed by atoms with van der Waals surface area (Å²) in [5.41, 5.74) is 12.6. The Morgan fingerprint density at radius 2 is 0.855 bits per heavy atom. The fourth-order valence-electron chi connectivity index (χ4n) is 9.19. The third kappa shape index (κ3) is 5.30. The number of hydrogen-bond acceptors (Lipinski definition) is 5. The maximum Gasteiger partial charge on any atom is 0.238 e. The predicted octanol–water partition coefficient (Wildman–Crippen LogP) is 13.6. The molecule has 62 heavy (non-hydrogen) atoms. The van der Waals surface area contributed by atoms with E-state index in [1.54, 1.807) is 11.3 Å². The van der Waals surface area contributed by atoms with Crippen LogP contribution in [0.2, 0.25) is 0 Å². The lowest BCUT2D eigenvalue weighted by Gasteiger charge is -2.11. The van der Waals surface area contributed by atoms with Crippen LogP contribution in [-0.4, -0.2) is 33.5 Å². The molecule has 13 aromatic rings. The van der Waals surface area contributed by atoms with Crippen LogP contribution in [0.1, 0.15) is 0 Å². The van der Waals surface area contributed by atoms with Crippen LogP contribution in [0.5, 0.6) is 0 Å². The van der Waals surface area contributed by atoms with E-state index in [1.807, 2.05) is 60.7 Å². The highest BCUT2D eigenvalue weighted by molar-refractivity contribution is 7.23. The second kappa shape index (κ2) is 13.7. The van der Waals surface area contributed by atoms with Gasteiger partial charge in [-0.15, -0.1) is 0 Å². The number of fused-ring (bicyclic) bond motifs is 9. The van der Waals surface area contributed by atoms with Crippen molar-refractivity contribution in [2.45, 2.75) is 0 Å². The maximum atomic E-state index is 5.47. The number of thiazole rings is 1. The summed E-state index contributed by atoms with van der Waals surface area (Å²) in [7, 11) is 0. The Labute approximate surface area is 359 Å². The minimum absolute atomic E-state index is 0.564. The Morgan fingerprint density at radius 1 is 0.355 bits per heavy atom. The molecule has 7 nitrogen and oxygen atoms in total. The van der Waals surface area contributed by atoms with Gasteiger partial charge in [0.2, 0.25) is 5.95 Å². The second-order valence-electron chi connectivity index (χ2n) is 15.5. The molecule has 0 saturated carbocycles. The van der Waals surface area contributed by atoms with Crippen LogP contribution in [0.25, 0.3) is 116 Å². The molecule has 0 fully saturated rings. The Morgan fingerprint density at radius 3 is 1.52 bits per heavy atom. The molecule has 290 valence electrons. The van der Waals surface area contributed by atoms with Gasteiger partial charge in [-0.05, 0) is 60.7 Å². The van der Waals surface area contributed by atoms with E-state index in [1.165, 1.54) is 21.0 Å². The van der Waals surface area contributed by atoms with Crippen LogP contribution >= 0.6 is 11.3 Å². The van der Waals surface area contributed by atoms with Crippen molar-refractivity contribution in [3.8, 4) is 56.9 Å². The van der Waals surface area contributed by atoms with Crippen LogP contribution in [0, 0.1) is 0 Å². The molecule has 0 unspecified atom stereocenters. The SMILES string of the molecule is c1ccc(-c2nc(-c3ccccc3)nc(-n3c4ccccc4c4cc(-c5nc6sc7ccccc7n6c5-c5ccc6c(c5)c5ccccc5n6-c5ccccc5)ccc43)n2)cc1. The van der Waals surface area contributed by atoms with Crippen molar-refractivity contribution in [2.75, 3.05) is 0 Å². The summed E-state index contributed by atoms with van der Waals surface area (Å²) < 4.78 is 8.08. The van der Waals surface area contributed by atoms with E-state index in [0.717, 1.165) is 77.1 Å². The van der Waals surface area contributed by atoms with Gasteiger partial charge in [-0.25, -0.2) is 9.97 Å². The molecule has 0 aliphatic rings. The van der Waals surface area contributed by atoms with Crippen molar-refractivity contribution in [1.29, 1.82) is 0 Å². The van der Waals surface area contributed by atoms with Crippen LogP contribution in [0.15, 0.2) is 200 Å². The van der Waals surface area contributed by atoms with Gasteiger partial charge in [0.25, 0.3) is 0 Å². The number of para-hydroxylation sites is 4. The smallest absolute Gasteiger partial charge is 0.238 e. The van der Waals surface area contributed by atoms with Gasteiger partial charge in [-0.3, -0.25) is 8.97 Å². The molecule has 13 rings (SSSR count). The monoisotopic (exact) mass is 811 g/mol. The highest BCUT2D eigenvalue weighted by atomic mass is 32.1. The lowest BCUT2D eigenvalue weighted by molar-refractivity contribution is 0.953. The largest absolute Gasteiger partial charge is 0.309 e. The fourth-order valence-corrected chi connectivity index (χ4v) is 10.2. The summed E-state index contributed by atoms with van der Waals surface area (Å²) >= 11 is 1.72. The normalized spacial score (nSPS) is 11.9. The van der Waals surface area contributed by atoms with Gasteiger partial charge < -0.3 is 4.57 Å². The molecule has 5 heterocycles. The Kier molecular flexibility index (Phi) is 7.64. The van der Waals surface area contributed by atoms with E-state index in [0.29, 0.717) is 17.6 Å². The molecule has 0 N–H and O–H groups in total. The Balaban J connectivity index is 1.04. The number of nitrogens with zero attached hydrogens (tertiary/aromatic N) is 7. The molecule has 8 aromatic carbocycles. The topological polar surface area (TPSA) is 65.8 Å². The summed E-state index contributed by atoms with van der Waals surface area (Å²) in [6, 6.07) is 70.3. The number of rotatable bonds is 6. The molecule has 0 spiro atoms. The molecular weight excluding hydrogens is 779 g/mol. The Hall–Kier alpha value is -8.20. The lowest BCUT2D eigenvalue weighted by atomic mass is 10.0. The zero-order valence-corrected chi connectivity index (χ0v) is 33.9. The van der Waals surface area contributed by atoms with Gasteiger partial charge in [-0.2, -0.15) is 9.97 Å². The van der Waals surface area contributed by atoms with Crippen molar-refractivity contribution in [2.24, 2.45) is 0 Å². The predicted molar refractivity (Wildman–Crippen MR) is 254 cm³/mol. The highest BCUT2D eigenvalue weighted by Gasteiger charge is 2.24. The summed E-state index contributed by atoms with van der Waals surface area (Å²) in [6.07, 6.45) is 0. The van der Waals surface area contributed by atoms with Gasteiger partial charge in [-0.1, -0.05) is 151 Å². The molecular formula is C54H33N7S. The van der Waals surface area contributed by atoms with Crippen molar-refractivity contribution >= 4 is 70.1 Å². The van der Waals surface area contributed by atoms with Crippen molar-refractivity contribution in [3.05, 3.63) is 200 Å². The summed E-state index contributed by atoms with van der Waals surface area (Å²) in [6.45, 7) is 0. The lowest BCUT2D eigenvalue weighted by Crippen LogP contribution is -2.06. The molecule has 0 amide bonds. The standard InChI is InChI=1S/C54H33N7S/c1-4-16-34(17-5-1)51-56-52(35-18-6-2-7-19-35)58-53(57-51)60-44-25-13-11-23-40(44)41-32-36(28-30-46(41)60)49-50(61-47-26-14-15-27-48(47)62-54(61)55-49)37-29-31-45-42(33-37)39-22-10-12-24-43(39)59(45)38-20-8-3-9-21-38/h1-33H. The first-order chi connectivity index (χ1) is 30.7. The van der Waals surface area contributed by atoms with E-state index in [-0.39, 0.29) is 0 Å². The molecule has 0 atom stereocenters. The number of aromatic nitrogens is 7. The number of benzene rings is 8. The molecule has 0 radical (unpaired) electrons. The molecule has 0 aliphatic heterocycles. The van der Waals surface area contributed by atoms with Gasteiger partial charge in [0.15, 0.2) is 16.6 Å². The van der Waals surface area contributed by atoms with Gasteiger partial charge >= 0.3 is 0 Å². The highest BCUT2D eigenvalue weighted by Crippen LogP contribution is 2.43. The third-order valence-electron chi connectivity index (χ3n) is 11.9. The van der Waals surface area contributed by atoms with Gasteiger partial charge in [0.1, 0.15) is 0 Å². The van der Waals surface area contributed by atoms with Crippen LogP contribution < -0.4 is 0 Å². The fraction of sp³-hybridized carbons (Fsp3) is 0. The zero-order valence-electron chi connectivity index (χ0n) is 33.1. The summed E-state index contributed by atoms with van der Waals surface area (Å²) in [4.78, 5) is 21.7. The minimum atomic E-state index is 0.564. The van der Waals surface area contributed by atoms with E-state index in [4.69, 9.17) is 19.9 Å². The zero-order chi connectivity index (χ0) is 40.7. The van der Waals surface area contributed by atoms with E-state index in [2.05, 4.69) is 153 Å². The average molecular weight is 812 g/mol. The van der Waals surface area contributed by atoms with Gasteiger partial charge in [0, 0.05) is 49.5 Å². The number of imidazole rings is 1. The number of hydrogen-bond donors (Lipinski definition) is 0. The van der Waals surface area contributed by atoms with Crippen molar-refractivity contribution in [3.63, 3.8) is 0 Å². The maximum absolute atomic E-state index is 5.47. The Bertz CT molecular complexity index is 3800. The molecule has 0 aliphatic carbocycles. The van der Waals surface area contributed by atoms with E-state index < -0.39 is 0 Å². The molecule has 8 heteroatoms. The average Bonchev–Trinajstić information content (AvgIpc) is 4.08. The molecule has 0 bridgehead atoms.